The topological polar surface area (TPSA) is 86.8 Å². The first-order chi connectivity index (χ1) is 21.6. The molecule has 0 aliphatic carbocycles. The number of amides is 2. The van der Waals surface area contributed by atoms with E-state index < -0.39 is 34.1 Å². The average Bonchev–Trinajstić information content (AvgIpc) is 2.98. The number of nitrogens with one attached hydrogen (secondary N) is 1. The number of rotatable bonds is 11. The van der Waals surface area contributed by atoms with Gasteiger partial charge < -0.3 is 10.2 Å². The van der Waals surface area contributed by atoms with Crippen molar-refractivity contribution in [2.45, 2.75) is 57.1 Å². The van der Waals surface area contributed by atoms with E-state index in [-0.39, 0.29) is 39.5 Å². The maximum Gasteiger partial charge on any atom is 0.264 e. The number of carbonyl (C=O) groups is 2. The standard InChI is InChI=1S/C35H36BrCl2N3O4S/c1-24-13-16-29(17-14-24)46(44,45)41(31-21-28(37)15-18-30(31)38)23-33(42)40(22-26-11-8-12-27(36)19-26)32(34(43)39-35(2,3)4)20-25-9-6-5-7-10-25/h5-19,21,32H,20,22-23H2,1-4H3,(H,39,43). The summed E-state index contributed by atoms with van der Waals surface area (Å²) in [6.45, 7) is 6.83. The van der Waals surface area contributed by atoms with Gasteiger partial charge in [0.1, 0.15) is 12.6 Å². The predicted molar refractivity (Wildman–Crippen MR) is 189 cm³/mol. The highest BCUT2D eigenvalue weighted by Gasteiger charge is 2.36. The second kappa shape index (κ2) is 15.0. The van der Waals surface area contributed by atoms with E-state index in [1.165, 1.54) is 35.2 Å². The van der Waals surface area contributed by atoms with Crippen molar-refractivity contribution in [2.75, 3.05) is 10.8 Å². The molecule has 1 unspecified atom stereocenters. The number of aryl methyl sites for hydroxylation is 1. The summed E-state index contributed by atoms with van der Waals surface area (Å²) in [4.78, 5) is 30.0. The average molecular weight is 746 g/mol. The van der Waals surface area contributed by atoms with Gasteiger partial charge in [-0.05, 0) is 81.3 Å². The van der Waals surface area contributed by atoms with Crippen LogP contribution < -0.4 is 9.62 Å². The molecule has 0 heterocycles. The van der Waals surface area contributed by atoms with Crippen LogP contribution in [0.4, 0.5) is 5.69 Å². The Hall–Kier alpha value is -3.37. The van der Waals surface area contributed by atoms with E-state index in [9.17, 15) is 18.0 Å². The number of hydrogen-bond acceptors (Lipinski definition) is 4. The fourth-order valence-corrected chi connectivity index (χ4v) is 7.17. The second-order valence-electron chi connectivity index (χ2n) is 12.0. The van der Waals surface area contributed by atoms with Crippen molar-refractivity contribution in [2.24, 2.45) is 0 Å². The Bertz CT molecular complexity index is 1800. The monoisotopic (exact) mass is 743 g/mol. The number of hydrogen-bond donors (Lipinski definition) is 1. The molecule has 46 heavy (non-hydrogen) atoms. The Morgan fingerprint density at radius 2 is 1.52 bits per heavy atom. The van der Waals surface area contributed by atoms with Crippen molar-refractivity contribution < 1.29 is 18.0 Å². The van der Waals surface area contributed by atoms with Crippen molar-refractivity contribution in [3.05, 3.63) is 128 Å². The Balaban J connectivity index is 1.85. The lowest BCUT2D eigenvalue weighted by atomic mass is 10.0. The minimum atomic E-state index is -4.32. The lowest BCUT2D eigenvalue weighted by molar-refractivity contribution is -0.140. The van der Waals surface area contributed by atoms with E-state index in [1.807, 2.05) is 82.3 Å². The fraction of sp³-hybridized carbons (Fsp3) is 0.257. The molecule has 4 rings (SSSR count). The van der Waals surface area contributed by atoms with Crippen LogP contribution in [0.25, 0.3) is 0 Å². The summed E-state index contributed by atoms with van der Waals surface area (Å²) in [5.41, 5.74) is 1.91. The first kappa shape index (κ1) is 35.5. The van der Waals surface area contributed by atoms with E-state index in [2.05, 4.69) is 21.2 Å². The van der Waals surface area contributed by atoms with Crippen molar-refractivity contribution in [1.82, 2.24) is 10.2 Å². The predicted octanol–water partition coefficient (Wildman–Crippen LogP) is 7.81. The molecule has 4 aromatic rings. The third-order valence-corrected chi connectivity index (χ3v) is 9.90. The molecule has 0 radical (unpaired) electrons. The van der Waals surface area contributed by atoms with Crippen LogP contribution in [0.1, 0.15) is 37.5 Å². The van der Waals surface area contributed by atoms with Gasteiger partial charge in [-0.3, -0.25) is 13.9 Å². The Labute approximate surface area is 289 Å². The number of anilines is 1. The summed E-state index contributed by atoms with van der Waals surface area (Å²) in [5, 5.41) is 3.36. The zero-order valence-corrected chi connectivity index (χ0v) is 29.9. The first-order valence-electron chi connectivity index (χ1n) is 14.6. The SMILES string of the molecule is Cc1ccc(S(=O)(=O)N(CC(=O)N(Cc2cccc(Br)c2)C(Cc2ccccc2)C(=O)NC(C)(C)C)c2cc(Cl)ccc2Cl)cc1. The van der Waals surface area contributed by atoms with Crippen LogP contribution in [0, 0.1) is 6.92 Å². The molecule has 0 aliphatic heterocycles. The van der Waals surface area contributed by atoms with Crippen LogP contribution in [0.3, 0.4) is 0 Å². The molecule has 242 valence electrons. The zero-order valence-electron chi connectivity index (χ0n) is 26.0. The van der Waals surface area contributed by atoms with E-state index in [0.29, 0.717) is 0 Å². The maximum atomic E-state index is 14.6. The van der Waals surface area contributed by atoms with Crippen LogP contribution in [-0.4, -0.2) is 43.3 Å². The van der Waals surface area contributed by atoms with Gasteiger partial charge in [0.05, 0.1) is 15.6 Å². The lowest BCUT2D eigenvalue weighted by Gasteiger charge is -2.35. The minimum absolute atomic E-state index is 0.0215. The first-order valence-corrected chi connectivity index (χ1v) is 17.6. The normalized spacial score (nSPS) is 12.3. The lowest BCUT2D eigenvalue weighted by Crippen LogP contribution is -2.56. The Kier molecular flexibility index (Phi) is 11.6. The number of carbonyl (C=O) groups excluding carboxylic acids is 2. The summed E-state index contributed by atoms with van der Waals surface area (Å²) < 4.78 is 30.2. The third kappa shape index (κ3) is 9.35. The van der Waals surface area contributed by atoms with Crippen LogP contribution in [0.15, 0.2) is 106 Å². The van der Waals surface area contributed by atoms with Gasteiger partial charge in [0.2, 0.25) is 11.8 Å². The number of halogens is 3. The molecule has 0 aliphatic rings. The van der Waals surface area contributed by atoms with Crippen LogP contribution in [0.5, 0.6) is 0 Å². The highest BCUT2D eigenvalue weighted by molar-refractivity contribution is 9.10. The van der Waals surface area contributed by atoms with Gasteiger partial charge in [-0.15, -0.1) is 0 Å². The molecular weight excluding hydrogens is 709 g/mol. The number of benzene rings is 4. The van der Waals surface area contributed by atoms with Crippen molar-refractivity contribution in [3.8, 4) is 0 Å². The molecule has 0 saturated heterocycles. The van der Waals surface area contributed by atoms with Crippen molar-refractivity contribution in [1.29, 1.82) is 0 Å². The Morgan fingerprint density at radius 3 is 2.15 bits per heavy atom. The summed E-state index contributed by atoms with van der Waals surface area (Å²) in [6, 6.07) is 26.6. The quantitative estimate of drug-likeness (QED) is 0.170. The molecule has 0 aromatic heterocycles. The molecule has 0 saturated carbocycles. The van der Waals surface area contributed by atoms with Gasteiger partial charge in [-0.2, -0.15) is 0 Å². The molecular formula is C35H36BrCl2N3O4S. The summed E-state index contributed by atoms with van der Waals surface area (Å²) in [7, 11) is -4.32. The third-order valence-electron chi connectivity index (χ3n) is 7.08. The van der Waals surface area contributed by atoms with Gasteiger partial charge in [-0.25, -0.2) is 8.42 Å². The maximum absolute atomic E-state index is 14.6. The molecule has 7 nitrogen and oxygen atoms in total. The Morgan fingerprint density at radius 1 is 0.870 bits per heavy atom. The van der Waals surface area contributed by atoms with Crippen molar-refractivity contribution >= 4 is 66.7 Å². The second-order valence-corrected chi connectivity index (χ2v) is 15.6. The van der Waals surface area contributed by atoms with Crippen LogP contribution in [0.2, 0.25) is 10.0 Å². The van der Waals surface area contributed by atoms with Gasteiger partial charge in [-0.1, -0.05) is 99.3 Å². The molecule has 0 bridgehead atoms. The zero-order chi connectivity index (χ0) is 33.6. The van der Waals surface area contributed by atoms with Crippen LogP contribution >= 0.6 is 39.1 Å². The highest BCUT2D eigenvalue weighted by atomic mass is 79.9. The van der Waals surface area contributed by atoms with Gasteiger partial charge in [0.25, 0.3) is 10.0 Å². The molecule has 11 heteroatoms. The van der Waals surface area contributed by atoms with Gasteiger partial charge in [0, 0.05) is 28.0 Å². The molecule has 0 spiro atoms. The largest absolute Gasteiger partial charge is 0.350 e. The minimum Gasteiger partial charge on any atom is -0.350 e. The van der Waals surface area contributed by atoms with Crippen molar-refractivity contribution in [3.63, 3.8) is 0 Å². The molecule has 4 aromatic carbocycles. The van der Waals surface area contributed by atoms with Gasteiger partial charge in [0.15, 0.2) is 0 Å². The van der Waals surface area contributed by atoms with E-state index >= 15 is 0 Å². The summed E-state index contributed by atoms with van der Waals surface area (Å²) in [5.74, 6) is -0.967. The molecule has 1 atom stereocenters. The van der Waals surface area contributed by atoms with E-state index in [0.717, 1.165) is 25.5 Å². The molecule has 2 amide bonds. The van der Waals surface area contributed by atoms with E-state index in [1.54, 1.807) is 12.1 Å². The highest BCUT2D eigenvalue weighted by Crippen LogP contribution is 2.33. The molecule has 1 N–H and O–H groups in total. The van der Waals surface area contributed by atoms with Crippen LogP contribution in [-0.2, 0) is 32.6 Å². The smallest absolute Gasteiger partial charge is 0.264 e. The van der Waals surface area contributed by atoms with Gasteiger partial charge >= 0.3 is 0 Å². The molecule has 0 fully saturated rings. The number of nitrogens with zero attached hydrogens (tertiary/aromatic N) is 2. The number of sulfonamides is 1. The fourth-order valence-electron chi connectivity index (χ4n) is 4.87. The summed E-state index contributed by atoms with van der Waals surface area (Å²) in [6.07, 6.45) is 0.200. The van der Waals surface area contributed by atoms with E-state index in [4.69, 9.17) is 23.2 Å². The summed E-state index contributed by atoms with van der Waals surface area (Å²) >= 11 is 16.4.